The highest BCUT2D eigenvalue weighted by Gasteiger charge is 2.39. The van der Waals surface area contributed by atoms with Gasteiger partial charge in [0.1, 0.15) is 12.1 Å². The van der Waals surface area contributed by atoms with Crippen molar-refractivity contribution >= 4 is 28.5 Å². The van der Waals surface area contributed by atoms with E-state index in [9.17, 15) is 19.6 Å². The van der Waals surface area contributed by atoms with E-state index in [1.807, 2.05) is 63.2 Å². The van der Waals surface area contributed by atoms with Crippen LogP contribution in [0.1, 0.15) is 26.3 Å². The lowest BCUT2D eigenvalue weighted by molar-refractivity contribution is -0.142. The van der Waals surface area contributed by atoms with Crippen LogP contribution < -0.4 is 16.1 Å². The third kappa shape index (κ3) is 6.05. The van der Waals surface area contributed by atoms with Crippen LogP contribution in [0.3, 0.4) is 0 Å². The Balaban J connectivity index is 2.45. The van der Waals surface area contributed by atoms with Gasteiger partial charge in [-0.25, -0.2) is 5.48 Å². The molecule has 0 unspecified atom stereocenters. The van der Waals surface area contributed by atoms with E-state index in [0.29, 0.717) is 0 Å². The van der Waals surface area contributed by atoms with Gasteiger partial charge in [-0.1, -0.05) is 63.2 Å². The van der Waals surface area contributed by atoms with Crippen LogP contribution in [0, 0.1) is 11.3 Å². The lowest BCUT2D eigenvalue weighted by Gasteiger charge is -2.34. The molecule has 0 heterocycles. The van der Waals surface area contributed by atoms with E-state index in [1.165, 1.54) is 7.05 Å². The number of hydrogen-bond donors (Lipinski definition) is 4. The van der Waals surface area contributed by atoms with Crippen LogP contribution in [0.25, 0.3) is 10.8 Å². The highest BCUT2D eigenvalue weighted by molar-refractivity contribution is 5.93. The van der Waals surface area contributed by atoms with Crippen molar-refractivity contribution in [3.63, 3.8) is 0 Å². The standard InChI is InChI=1S/C24H34N4O4/c1-24(2,3)20(23(31)25-4)26-21(29)18(19(28(5)6)22(30)27-32)14-15-11-12-16-9-7-8-10-17(16)13-15/h7-13,18-20,32H,14H2,1-6H3,(H,25,31)(H,26,29)(H,27,30)/t18-,19+,20-/m1/s1. The van der Waals surface area contributed by atoms with Gasteiger partial charge >= 0.3 is 0 Å². The molecule has 0 aliphatic heterocycles. The second-order valence-corrected chi connectivity index (χ2v) is 9.30. The average Bonchev–Trinajstić information content (AvgIpc) is 2.74. The minimum absolute atomic E-state index is 0.248. The van der Waals surface area contributed by atoms with Gasteiger partial charge in [-0.2, -0.15) is 0 Å². The lowest BCUT2D eigenvalue weighted by atomic mass is 9.84. The summed E-state index contributed by atoms with van der Waals surface area (Å²) >= 11 is 0. The summed E-state index contributed by atoms with van der Waals surface area (Å²) in [6, 6.07) is 12.0. The summed E-state index contributed by atoms with van der Waals surface area (Å²) in [6.07, 6.45) is 0.248. The second kappa shape index (κ2) is 10.6. The Hall–Kier alpha value is -2.97. The number of hydroxylamine groups is 1. The van der Waals surface area contributed by atoms with Crippen molar-refractivity contribution in [2.45, 2.75) is 39.3 Å². The SMILES string of the molecule is CNC(=O)[C@@H](NC(=O)[C@H](Cc1ccc2ccccc2c1)[C@@H](C(=O)NO)N(C)C)C(C)(C)C. The average molecular weight is 443 g/mol. The van der Waals surface area contributed by atoms with Crippen molar-refractivity contribution in [1.82, 2.24) is 21.0 Å². The molecule has 174 valence electrons. The quantitative estimate of drug-likeness (QED) is 0.367. The number of hydrogen-bond acceptors (Lipinski definition) is 5. The maximum absolute atomic E-state index is 13.5. The summed E-state index contributed by atoms with van der Waals surface area (Å²) in [4.78, 5) is 40.0. The number of carbonyl (C=O) groups excluding carboxylic acids is 3. The molecule has 8 heteroatoms. The fourth-order valence-electron chi connectivity index (χ4n) is 3.88. The molecule has 0 aliphatic carbocycles. The summed E-state index contributed by atoms with van der Waals surface area (Å²) in [6.45, 7) is 5.57. The van der Waals surface area contributed by atoms with Gasteiger partial charge in [0.2, 0.25) is 11.8 Å². The zero-order valence-corrected chi connectivity index (χ0v) is 19.6. The van der Waals surface area contributed by atoms with Crippen molar-refractivity contribution in [1.29, 1.82) is 0 Å². The molecule has 8 nitrogen and oxygen atoms in total. The summed E-state index contributed by atoms with van der Waals surface area (Å²) in [5.74, 6) is -2.30. The van der Waals surface area contributed by atoms with Crippen LogP contribution in [0.4, 0.5) is 0 Å². The van der Waals surface area contributed by atoms with Crippen LogP contribution in [0.5, 0.6) is 0 Å². The summed E-state index contributed by atoms with van der Waals surface area (Å²) in [5.41, 5.74) is 2.00. The minimum atomic E-state index is -0.947. The Labute approximate surface area is 189 Å². The normalized spacial score (nSPS) is 14.5. The Morgan fingerprint density at radius 3 is 2.12 bits per heavy atom. The maximum atomic E-state index is 13.5. The fourth-order valence-corrected chi connectivity index (χ4v) is 3.88. The predicted molar refractivity (Wildman–Crippen MR) is 124 cm³/mol. The second-order valence-electron chi connectivity index (χ2n) is 9.30. The largest absolute Gasteiger partial charge is 0.357 e. The number of amides is 3. The van der Waals surface area contributed by atoms with Crippen LogP contribution in [0.15, 0.2) is 42.5 Å². The van der Waals surface area contributed by atoms with Crippen molar-refractivity contribution in [2.75, 3.05) is 21.1 Å². The Morgan fingerprint density at radius 2 is 1.59 bits per heavy atom. The van der Waals surface area contributed by atoms with Gasteiger partial charge in [0.05, 0.1) is 5.92 Å². The van der Waals surface area contributed by atoms with E-state index in [-0.39, 0.29) is 12.3 Å². The number of fused-ring (bicyclic) bond motifs is 1. The monoisotopic (exact) mass is 442 g/mol. The molecule has 4 N–H and O–H groups in total. The van der Waals surface area contributed by atoms with Crippen LogP contribution in [0.2, 0.25) is 0 Å². The molecule has 0 bridgehead atoms. The first-order chi connectivity index (χ1) is 15.0. The van der Waals surface area contributed by atoms with E-state index in [1.54, 1.807) is 24.5 Å². The Bertz CT molecular complexity index is 968. The Kier molecular flexibility index (Phi) is 8.35. The van der Waals surface area contributed by atoms with E-state index in [0.717, 1.165) is 16.3 Å². The molecule has 0 aromatic heterocycles. The molecular weight excluding hydrogens is 408 g/mol. The van der Waals surface area contributed by atoms with Gasteiger partial charge in [0.25, 0.3) is 5.91 Å². The van der Waals surface area contributed by atoms with E-state index in [4.69, 9.17) is 0 Å². The molecule has 0 aliphatic rings. The zero-order valence-electron chi connectivity index (χ0n) is 19.6. The molecule has 0 fully saturated rings. The number of rotatable bonds is 8. The first-order valence-electron chi connectivity index (χ1n) is 10.6. The van der Waals surface area contributed by atoms with Gasteiger partial charge in [-0.05, 0) is 42.3 Å². The Morgan fingerprint density at radius 1 is 0.969 bits per heavy atom. The van der Waals surface area contributed by atoms with Crippen molar-refractivity contribution in [2.24, 2.45) is 11.3 Å². The van der Waals surface area contributed by atoms with Crippen molar-refractivity contribution < 1.29 is 19.6 Å². The smallest absolute Gasteiger partial charge is 0.261 e. The zero-order chi connectivity index (χ0) is 24.1. The molecule has 0 radical (unpaired) electrons. The molecule has 2 aromatic rings. The number of nitrogens with zero attached hydrogens (tertiary/aromatic N) is 1. The van der Waals surface area contributed by atoms with Crippen LogP contribution in [-0.4, -0.2) is 61.1 Å². The molecule has 0 saturated heterocycles. The van der Waals surface area contributed by atoms with Gasteiger partial charge in [-0.15, -0.1) is 0 Å². The third-order valence-electron chi connectivity index (χ3n) is 5.58. The first-order valence-corrected chi connectivity index (χ1v) is 10.6. The number of nitrogens with one attached hydrogen (secondary N) is 3. The van der Waals surface area contributed by atoms with Crippen molar-refractivity contribution in [3.05, 3.63) is 48.0 Å². The predicted octanol–water partition coefficient (Wildman–Crippen LogP) is 1.71. The maximum Gasteiger partial charge on any atom is 0.261 e. The first kappa shape index (κ1) is 25.3. The summed E-state index contributed by atoms with van der Waals surface area (Å²) in [5, 5.41) is 16.8. The molecule has 2 rings (SSSR count). The summed E-state index contributed by atoms with van der Waals surface area (Å²) < 4.78 is 0. The molecule has 3 atom stereocenters. The number of benzene rings is 2. The third-order valence-corrected chi connectivity index (χ3v) is 5.58. The van der Waals surface area contributed by atoms with Gasteiger partial charge < -0.3 is 10.6 Å². The molecule has 2 aromatic carbocycles. The van der Waals surface area contributed by atoms with E-state index >= 15 is 0 Å². The lowest BCUT2D eigenvalue weighted by Crippen LogP contribution is -2.58. The minimum Gasteiger partial charge on any atom is -0.357 e. The topological polar surface area (TPSA) is 111 Å². The van der Waals surface area contributed by atoms with Crippen molar-refractivity contribution in [3.8, 4) is 0 Å². The van der Waals surface area contributed by atoms with Gasteiger partial charge in [0, 0.05) is 7.05 Å². The highest BCUT2D eigenvalue weighted by Crippen LogP contribution is 2.24. The summed E-state index contributed by atoms with van der Waals surface area (Å²) in [7, 11) is 4.85. The van der Waals surface area contributed by atoms with Gasteiger partial charge in [-0.3, -0.25) is 24.5 Å². The van der Waals surface area contributed by atoms with Gasteiger partial charge in [0.15, 0.2) is 0 Å². The highest BCUT2D eigenvalue weighted by atomic mass is 16.5. The number of likely N-dealkylation sites (N-methyl/N-ethyl adjacent to an activating group) is 2. The van der Waals surface area contributed by atoms with E-state index in [2.05, 4.69) is 10.6 Å². The molecule has 3 amide bonds. The molecule has 0 saturated carbocycles. The van der Waals surface area contributed by atoms with Crippen LogP contribution in [-0.2, 0) is 20.8 Å². The molecule has 0 spiro atoms. The number of carbonyl (C=O) groups is 3. The van der Waals surface area contributed by atoms with Crippen LogP contribution >= 0.6 is 0 Å². The molecular formula is C24H34N4O4. The molecule has 32 heavy (non-hydrogen) atoms. The van der Waals surface area contributed by atoms with E-state index < -0.39 is 35.2 Å². The fraction of sp³-hybridized carbons (Fsp3) is 0.458.